The zero-order valence-corrected chi connectivity index (χ0v) is 27.1. The number of nitrogens with zero attached hydrogens (tertiary/aromatic N) is 3. The fourth-order valence-electron chi connectivity index (χ4n) is 3.89. The van der Waals surface area contributed by atoms with Gasteiger partial charge in [0, 0.05) is 98.6 Å². The first-order valence-corrected chi connectivity index (χ1v) is 14.1. The van der Waals surface area contributed by atoms with Gasteiger partial charge in [0.25, 0.3) is 0 Å². The molecule has 0 rings (SSSR count). The SMILES string of the molecule is O=C([O-])CN(C[CH-]O[O-])CCN(CCN(C[CH-]O[O-])C[CH-]O[O-])CC(=O)NCCCCCC(=O)NCCCCCC(=O)O.[Gd]. The molecule has 44 heavy (non-hydrogen) atoms. The largest absolute Gasteiger partial charge is 0.759 e. The summed E-state index contributed by atoms with van der Waals surface area (Å²) in [5.74, 6) is -2.53. The maximum absolute atomic E-state index is 12.6. The molecule has 0 aromatic rings. The molecular weight excluding hydrogens is 732 g/mol. The molecule has 260 valence electrons. The Labute approximate surface area is 290 Å². The zero-order chi connectivity index (χ0) is 32.1. The molecule has 2 amide bonds. The predicted molar refractivity (Wildman–Crippen MR) is 141 cm³/mol. The Bertz CT molecular complexity index is 748. The van der Waals surface area contributed by atoms with E-state index in [-0.39, 0.29) is 97.4 Å². The van der Waals surface area contributed by atoms with Gasteiger partial charge in [0.05, 0.1) is 12.5 Å². The van der Waals surface area contributed by atoms with Crippen LogP contribution in [0.15, 0.2) is 0 Å². The van der Waals surface area contributed by atoms with Crippen molar-refractivity contribution in [3.63, 3.8) is 0 Å². The van der Waals surface area contributed by atoms with Crippen LogP contribution in [0.1, 0.15) is 51.4 Å². The van der Waals surface area contributed by atoms with E-state index in [1.807, 2.05) is 0 Å². The number of carboxylic acid groups (broad SMARTS) is 2. The van der Waals surface area contributed by atoms with E-state index in [1.54, 1.807) is 9.80 Å². The van der Waals surface area contributed by atoms with Gasteiger partial charge in [-0.3, -0.25) is 19.3 Å². The molecule has 0 aromatic heterocycles. The smallest absolute Gasteiger partial charge is 0.303 e. The minimum atomic E-state index is -1.35. The first-order chi connectivity index (χ1) is 20.7. The molecule has 0 saturated carbocycles. The second kappa shape index (κ2) is 31.8. The van der Waals surface area contributed by atoms with Gasteiger partial charge in [-0.15, -0.1) is 19.6 Å². The normalized spacial score (nSPS) is 11.1. The standard InChI is InChI=1S/C26H48N5O12.Gd/c32-23(27-9-6-2-4-8-25(34)35)7-3-1-5-10-28-24(33)21-30(12-11-29(15-18-41-38)16-19-42-39)13-14-31(17-20-43-40)22-26(36)37;/h18-20,38-40H,1-17,21-22H2,(H,27,32)(H,28,33)(H,34,35)(H,36,37);/q-3;/p-4. The molecule has 0 radical (unpaired) electrons. The Balaban J connectivity index is 0. The van der Waals surface area contributed by atoms with Crippen LogP contribution < -0.4 is 31.5 Å². The Morgan fingerprint density at radius 1 is 0.614 bits per heavy atom. The Morgan fingerprint density at radius 2 is 1.07 bits per heavy atom. The van der Waals surface area contributed by atoms with Crippen molar-refractivity contribution in [2.24, 2.45) is 0 Å². The van der Waals surface area contributed by atoms with E-state index in [9.17, 15) is 40.1 Å². The van der Waals surface area contributed by atoms with Crippen LogP contribution in [0.2, 0.25) is 0 Å². The van der Waals surface area contributed by atoms with Crippen molar-refractivity contribution in [3.8, 4) is 0 Å². The summed E-state index contributed by atoms with van der Waals surface area (Å²) < 4.78 is 0. The first-order valence-electron chi connectivity index (χ1n) is 14.1. The molecule has 0 saturated heterocycles. The average molecular weight is 776 g/mol. The van der Waals surface area contributed by atoms with Crippen LogP contribution in [-0.2, 0) is 33.8 Å². The number of aliphatic carboxylic acids is 2. The summed E-state index contributed by atoms with van der Waals surface area (Å²) in [6.45, 7) is 4.38. The van der Waals surface area contributed by atoms with Gasteiger partial charge in [-0.05, 0) is 25.7 Å². The van der Waals surface area contributed by atoms with Crippen molar-refractivity contribution >= 4 is 23.8 Å². The zero-order valence-electron chi connectivity index (χ0n) is 24.8. The van der Waals surface area contributed by atoms with E-state index in [2.05, 4.69) is 25.3 Å². The van der Waals surface area contributed by atoms with E-state index in [4.69, 9.17) is 5.11 Å². The molecule has 0 spiro atoms. The third kappa shape index (κ3) is 29.5. The minimum Gasteiger partial charge on any atom is -0.759 e. The Kier molecular flexibility index (Phi) is 32.5. The molecule has 0 bridgehead atoms. The van der Waals surface area contributed by atoms with Gasteiger partial charge in [0.15, 0.2) is 0 Å². The molecule has 0 aliphatic carbocycles. The van der Waals surface area contributed by atoms with Gasteiger partial charge in [0.2, 0.25) is 11.8 Å². The monoisotopic (exact) mass is 776 g/mol. The second-order valence-electron chi connectivity index (χ2n) is 9.65. The van der Waals surface area contributed by atoms with Gasteiger partial charge in [0.1, 0.15) is 0 Å². The Morgan fingerprint density at radius 3 is 1.57 bits per heavy atom. The third-order valence-electron chi connectivity index (χ3n) is 6.18. The van der Waals surface area contributed by atoms with Gasteiger partial charge < -0.3 is 65.9 Å². The van der Waals surface area contributed by atoms with E-state index in [1.165, 1.54) is 4.90 Å². The molecule has 0 aromatic carbocycles. The first kappa shape index (κ1) is 45.0. The molecule has 0 atom stereocenters. The summed E-state index contributed by atoms with van der Waals surface area (Å²) in [7, 11) is 0. The van der Waals surface area contributed by atoms with Gasteiger partial charge in [-0.1, -0.05) is 12.8 Å². The molecule has 0 unspecified atom stereocenters. The van der Waals surface area contributed by atoms with Crippen LogP contribution in [-0.4, -0.2) is 116 Å². The molecule has 3 N–H and O–H groups in total. The average Bonchev–Trinajstić information content (AvgIpc) is 2.96. The number of rotatable bonds is 31. The molecule has 0 aliphatic rings. The maximum atomic E-state index is 12.6. The van der Waals surface area contributed by atoms with Gasteiger partial charge >= 0.3 is 5.97 Å². The number of unbranched alkanes of at least 4 members (excludes halogenated alkanes) is 4. The number of nitrogens with one attached hydrogen (secondary N) is 2. The molecule has 0 fully saturated rings. The summed E-state index contributed by atoms with van der Waals surface area (Å²) in [4.78, 5) is 62.0. The van der Waals surface area contributed by atoms with E-state index >= 15 is 0 Å². The fraction of sp³-hybridized carbons (Fsp3) is 0.731. The summed E-state index contributed by atoms with van der Waals surface area (Å²) in [5.41, 5.74) is 0. The summed E-state index contributed by atoms with van der Waals surface area (Å²) in [6, 6.07) is 0. The number of carboxylic acids is 2. The quantitative estimate of drug-likeness (QED) is 0.0260. The summed E-state index contributed by atoms with van der Waals surface area (Å²) >= 11 is 0. The minimum absolute atomic E-state index is 0. The fourth-order valence-corrected chi connectivity index (χ4v) is 3.89. The van der Waals surface area contributed by atoms with Crippen LogP contribution in [0.5, 0.6) is 0 Å². The Hall–Kier alpha value is -1.16. The molecule has 0 heterocycles. The van der Waals surface area contributed by atoms with Gasteiger partial charge in [-0.2, -0.15) is 0 Å². The van der Waals surface area contributed by atoms with E-state index in [0.717, 1.165) is 39.1 Å². The van der Waals surface area contributed by atoms with Crippen LogP contribution in [0.4, 0.5) is 0 Å². The third-order valence-corrected chi connectivity index (χ3v) is 6.18. The van der Waals surface area contributed by atoms with Gasteiger partial charge in [-0.25, -0.2) is 19.8 Å². The number of carbonyl (C=O) groups excluding carboxylic acids is 3. The van der Waals surface area contributed by atoms with Crippen molar-refractivity contribution in [2.45, 2.75) is 51.4 Å². The van der Waals surface area contributed by atoms with Crippen molar-refractivity contribution in [3.05, 3.63) is 19.8 Å². The summed E-state index contributed by atoms with van der Waals surface area (Å²) in [6.07, 6.45) is 4.54. The second-order valence-corrected chi connectivity index (χ2v) is 9.65. The van der Waals surface area contributed by atoms with Crippen LogP contribution in [0, 0.1) is 59.8 Å². The molecule has 18 heteroatoms. The number of hydrogen-bond donors (Lipinski definition) is 3. The maximum Gasteiger partial charge on any atom is 0.303 e. The van der Waals surface area contributed by atoms with Crippen molar-refractivity contribution in [1.29, 1.82) is 0 Å². The van der Waals surface area contributed by atoms with Crippen LogP contribution >= 0.6 is 0 Å². The van der Waals surface area contributed by atoms with Crippen LogP contribution in [0.3, 0.4) is 0 Å². The topological polar surface area (TPSA) is 242 Å². The molecule has 0 aliphatic heterocycles. The molecular formula is C26H44GdN5O12-7. The number of amides is 2. The van der Waals surface area contributed by atoms with E-state index in [0.29, 0.717) is 51.9 Å². The predicted octanol–water partition coefficient (Wildman–Crippen LogP) is -4.56. The van der Waals surface area contributed by atoms with Crippen molar-refractivity contribution < 1.29 is 99.8 Å². The molecule has 17 nitrogen and oxygen atoms in total. The van der Waals surface area contributed by atoms with Crippen LogP contribution in [0.25, 0.3) is 0 Å². The summed E-state index contributed by atoms with van der Waals surface area (Å²) in [5, 5.41) is 56.3. The number of hydrogen-bond acceptors (Lipinski definition) is 14. The number of carbonyl (C=O) groups is 4. The van der Waals surface area contributed by atoms with Crippen molar-refractivity contribution in [2.75, 3.05) is 72.0 Å². The van der Waals surface area contributed by atoms with E-state index < -0.39 is 18.5 Å². The van der Waals surface area contributed by atoms with Crippen molar-refractivity contribution in [1.82, 2.24) is 25.3 Å².